The number of rotatable bonds is 9. The molecule has 0 saturated carbocycles. The van der Waals surface area contributed by atoms with E-state index in [4.69, 9.17) is 13.3 Å². The van der Waals surface area contributed by atoms with Gasteiger partial charge in [0.25, 0.3) is 0 Å². The fraction of sp³-hybridized carbons (Fsp3) is 0.429. The SMILES string of the molecule is C=CN(CC[Si](OC)(OC)OC)Cc1ccccc1.Cl. The Morgan fingerprint density at radius 2 is 1.65 bits per heavy atom. The number of benzene rings is 1. The smallest absolute Gasteiger partial charge is 0.377 e. The van der Waals surface area contributed by atoms with Crippen molar-refractivity contribution >= 4 is 21.2 Å². The Labute approximate surface area is 129 Å². The average Bonchev–Trinajstić information content (AvgIpc) is 2.49. The highest BCUT2D eigenvalue weighted by atomic mass is 35.5. The predicted octanol–water partition coefficient (Wildman–Crippen LogP) is 2.93. The lowest BCUT2D eigenvalue weighted by molar-refractivity contribution is 0.120. The third kappa shape index (κ3) is 5.64. The van der Waals surface area contributed by atoms with Crippen LogP contribution in [0.5, 0.6) is 0 Å². The molecule has 114 valence electrons. The lowest BCUT2D eigenvalue weighted by Crippen LogP contribution is -2.45. The monoisotopic (exact) mass is 317 g/mol. The second-order valence-corrected chi connectivity index (χ2v) is 7.27. The molecule has 0 amide bonds. The van der Waals surface area contributed by atoms with Gasteiger partial charge in [-0.3, -0.25) is 0 Å². The Hall–Kier alpha value is -0.853. The molecule has 0 saturated heterocycles. The lowest BCUT2D eigenvalue weighted by atomic mass is 10.2. The van der Waals surface area contributed by atoms with Crippen LogP contribution in [0.1, 0.15) is 5.56 Å². The van der Waals surface area contributed by atoms with E-state index >= 15 is 0 Å². The van der Waals surface area contributed by atoms with Crippen LogP contribution in [0.4, 0.5) is 0 Å². The molecule has 0 aromatic heterocycles. The van der Waals surface area contributed by atoms with Crippen molar-refractivity contribution in [2.75, 3.05) is 27.9 Å². The van der Waals surface area contributed by atoms with Crippen LogP contribution in [0.25, 0.3) is 0 Å². The van der Waals surface area contributed by atoms with Gasteiger partial charge in [-0.15, -0.1) is 12.4 Å². The fourth-order valence-electron chi connectivity index (χ4n) is 1.89. The highest BCUT2D eigenvalue weighted by Gasteiger charge is 2.37. The zero-order chi connectivity index (χ0) is 14.1. The molecule has 0 N–H and O–H groups in total. The van der Waals surface area contributed by atoms with Crippen molar-refractivity contribution in [1.82, 2.24) is 4.90 Å². The van der Waals surface area contributed by atoms with Crippen LogP contribution >= 0.6 is 12.4 Å². The van der Waals surface area contributed by atoms with Gasteiger partial charge in [-0.25, -0.2) is 0 Å². The Kier molecular flexibility index (Phi) is 9.53. The first kappa shape index (κ1) is 19.1. The molecule has 0 aliphatic heterocycles. The average molecular weight is 318 g/mol. The second kappa shape index (κ2) is 9.96. The van der Waals surface area contributed by atoms with E-state index in [1.807, 2.05) is 24.4 Å². The van der Waals surface area contributed by atoms with Gasteiger partial charge >= 0.3 is 8.80 Å². The lowest BCUT2D eigenvalue weighted by Gasteiger charge is -2.27. The Morgan fingerprint density at radius 1 is 1.10 bits per heavy atom. The summed E-state index contributed by atoms with van der Waals surface area (Å²) < 4.78 is 16.2. The second-order valence-electron chi connectivity index (χ2n) is 4.18. The molecule has 0 bridgehead atoms. The van der Waals surface area contributed by atoms with Crippen LogP contribution in [0, 0.1) is 0 Å². The normalized spacial score (nSPS) is 10.8. The third-order valence-electron chi connectivity index (χ3n) is 3.12. The summed E-state index contributed by atoms with van der Waals surface area (Å²) in [4.78, 5) is 2.13. The molecule has 0 heterocycles. The largest absolute Gasteiger partial charge is 0.501 e. The van der Waals surface area contributed by atoms with Crippen LogP contribution in [-0.2, 0) is 19.8 Å². The summed E-state index contributed by atoms with van der Waals surface area (Å²) in [5, 5.41) is 0. The number of halogens is 1. The minimum atomic E-state index is -2.50. The van der Waals surface area contributed by atoms with Crippen LogP contribution in [0.15, 0.2) is 43.1 Å². The topological polar surface area (TPSA) is 30.9 Å². The molecule has 0 atom stereocenters. The van der Waals surface area contributed by atoms with E-state index in [0.29, 0.717) is 0 Å². The number of hydrogen-bond acceptors (Lipinski definition) is 4. The van der Waals surface area contributed by atoms with Gasteiger partial charge in [-0.05, 0) is 11.8 Å². The molecule has 0 fully saturated rings. The maximum atomic E-state index is 5.41. The van der Waals surface area contributed by atoms with Gasteiger partial charge in [0, 0.05) is 40.5 Å². The van der Waals surface area contributed by atoms with Crippen LogP contribution in [-0.4, -0.2) is 41.6 Å². The van der Waals surface area contributed by atoms with Crippen molar-refractivity contribution in [2.24, 2.45) is 0 Å². The minimum absolute atomic E-state index is 0. The van der Waals surface area contributed by atoms with E-state index < -0.39 is 8.80 Å². The van der Waals surface area contributed by atoms with E-state index in [1.54, 1.807) is 21.3 Å². The number of nitrogens with zero attached hydrogens (tertiary/aromatic N) is 1. The van der Waals surface area contributed by atoms with Crippen LogP contribution in [0.2, 0.25) is 6.04 Å². The predicted molar refractivity (Wildman–Crippen MR) is 85.9 cm³/mol. The summed E-state index contributed by atoms with van der Waals surface area (Å²) >= 11 is 0. The van der Waals surface area contributed by atoms with Crippen molar-refractivity contribution in [3.8, 4) is 0 Å². The van der Waals surface area contributed by atoms with E-state index in [9.17, 15) is 0 Å². The first-order valence-electron chi connectivity index (χ1n) is 6.25. The molecule has 0 spiro atoms. The standard InChI is InChI=1S/C14H23NO3Si.ClH/c1-5-15(13-14-9-7-6-8-10-14)11-12-19(16-2,17-3)18-4;/h5-10H,1,11-13H2,2-4H3;1H. The van der Waals surface area contributed by atoms with E-state index in [-0.39, 0.29) is 12.4 Å². The molecule has 1 aromatic carbocycles. The van der Waals surface area contributed by atoms with Gasteiger partial charge < -0.3 is 18.2 Å². The van der Waals surface area contributed by atoms with Crippen LogP contribution < -0.4 is 0 Å². The molecule has 1 rings (SSSR count). The van der Waals surface area contributed by atoms with Crippen molar-refractivity contribution < 1.29 is 13.3 Å². The summed E-state index contributed by atoms with van der Waals surface area (Å²) in [6.07, 6.45) is 1.84. The molecule has 0 aliphatic carbocycles. The summed E-state index contributed by atoms with van der Waals surface area (Å²) in [6.45, 7) is 5.47. The van der Waals surface area contributed by atoms with Crippen molar-refractivity contribution in [3.63, 3.8) is 0 Å². The molecule has 1 aromatic rings. The molecule has 4 nitrogen and oxygen atoms in total. The van der Waals surface area contributed by atoms with Crippen LogP contribution in [0.3, 0.4) is 0 Å². The maximum Gasteiger partial charge on any atom is 0.501 e. The van der Waals surface area contributed by atoms with Crippen molar-refractivity contribution in [3.05, 3.63) is 48.7 Å². The molecular weight excluding hydrogens is 294 g/mol. The van der Waals surface area contributed by atoms with E-state index in [1.165, 1.54) is 5.56 Å². The molecule has 20 heavy (non-hydrogen) atoms. The highest BCUT2D eigenvalue weighted by molar-refractivity contribution is 6.60. The molecule has 0 radical (unpaired) electrons. The first-order chi connectivity index (χ1) is 9.19. The maximum absolute atomic E-state index is 5.41. The van der Waals surface area contributed by atoms with E-state index in [0.717, 1.165) is 19.1 Å². The summed E-state index contributed by atoms with van der Waals surface area (Å²) in [5.74, 6) is 0. The van der Waals surface area contributed by atoms with E-state index in [2.05, 4.69) is 23.6 Å². The first-order valence-corrected chi connectivity index (χ1v) is 8.19. The zero-order valence-electron chi connectivity index (χ0n) is 12.4. The summed E-state index contributed by atoms with van der Waals surface area (Å²) in [5.41, 5.74) is 1.25. The molecule has 0 unspecified atom stereocenters. The van der Waals surface area contributed by atoms with Crippen molar-refractivity contribution in [1.29, 1.82) is 0 Å². The molecular formula is C14H24ClNO3Si. The summed E-state index contributed by atoms with van der Waals surface area (Å²) in [7, 11) is 2.40. The summed E-state index contributed by atoms with van der Waals surface area (Å²) in [6, 6.07) is 11.0. The van der Waals surface area contributed by atoms with Gasteiger partial charge in [0.1, 0.15) is 0 Å². The number of hydrogen-bond donors (Lipinski definition) is 0. The van der Waals surface area contributed by atoms with Gasteiger partial charge in [0.15, 0.2) is 0 Å². The molecule has 6 heteroatoms. The minimum Gasteiger partial charge on any atom is -0.377 e. The molecule has 0 aliphatic rings. The fourth-order valence-corrected chi connectivity index (χ4v) is 3.56. The van der Waals surface area contributed by atoms with Gasteiger partial charge in [-0.1, -0.05) is 36.9 Å². The highest BCUT2D eigenvalue weighted by Crippen LogP contribution is 2.14. The van der Waals surface area contributed by atoms with Crippen molar-refractivity contribution in [2.45, 2.75) is 12.6 Å². The quantitative estimate of drug-likeness (QED) is 0.655. The van der Waals surface area contributed by atoms with Gasteiger partial charge in [0.05, 0.1) is 0 Å². The zero-order valence-corrected chi connectivity index (χ0v) is 14.2. The van der Waals surface area contributed by atoms with Gasteiger partial charge in [0.2, 0.25) is 0 Å². The third-order valence-corrected chi connectivity index (χ3v) is 5.83. The Bertz CT molecular complexity index is 366. The Balaban J connectivity index is 0.00000361. The Morgan fingerprint density at radius 3 is 2.10 bits per heavy atom. The van der Waals surface area contributed by atoms with Gasteiger partial charge in [-0.2, -0.15) is 0 Å².